The van der Waals surface area contributed by atoms with Crippen LogP contribution in [0, 0.1) is 0 Å². The van der Waals surface area contributed by atoms with Crippen molar-refractivity contribution >= 4 is 10.0 Å². The molecule has 1 heterocycles. The van der Waals surface area contributed by atoms with Crippen LogP contribution in [0.5, 0.6) is 0 Å². The highest BCUT2D eigenvalue weighted by Crippen LogP contribution is 1.98. The number of aliphatic hydroxyl groups is 1. The Kier molecular flexibility index (Phi) is 1.11. The second-order valence-corrected chi connectivity index (χ2v) is 3.03. The van der Waals surface area contributed by atoms with Crippen LogP contribution >= 0.6 is 0 Å². The minimum atomic E-state index is -3.28. The van der Waals surface area contributed by atoms with Crippen LogP contribution < -0.4 is 4.72 Å². The van der Waals surface area contributed by atoms with Crippen LogP contribution in [0.4, 0.5) is 0 Å². The van der Waals surface area contributed by atoms with Crippen molar-refractivity contribution in [3.8, 4) is 0 Å². The summed E-state index contributed by atoms with van der Waals surface area (Å²) in [5.74, 6) is 0. The molecule has 1 atom stereocenters. The van der Waals surface area contributed by atoms with Gasteiger partial charge in [0.05, 0.1) is 0 Å². The summed E-state index contributed by atoms with van der Waals surface area (Å²) in [6.07, 6.45) is 0.134. The highest BCUT2D eigenvalue weighted by Gasteiger charge is 2.16. The second-order valence-electron chi connectivity index (χ2n) is 1.44. The van der Waals surface area contributed by atoms with Crippen LogP contribution in [0.1, 0.15) is 0 Å². The Labute approximate surface area is 46.9 Å². The molecule has 1 aliphatic rings. The third-order valence-corrected chi connectivity index (χ3v) is 1.81. The van der Waals surface area contributed by atoms with Crippen molar-refractivity contribution in [1.29, 1.82) is 0 Å². The Hall–Kier alpha value is -0.390. The lowest BCUT2D eigenvalue weighted by Crippen LogP contribution is -2.25. The van der Waals surface area contributed by atoms with Gasteiger partial charge in [0.1, 0.15) is 6.23 Å². The number of rotatable bonds is 0. The van der Waals surface area contributed by atoms with Gasteiger partial charge in [0.15, 0.2) is 0 Å². The van der Waals surface area contributed by atoms with Crippen LogP contribution in [0.2, 0.25) is 0 Å². The molecule has 0 radical (unpaired) electrons. The molecule has 0 saturated heterocycles. The SMILES string of the molecule is O=S1(=O)C=CC(O)N1. The predicted molar refractivity (Wildman–Crippen MR) is 27.2 cm³/mol. The summed E-state index contributed by atoms with van der Waals surface area (Å²) in [5.41, 5.74) is 0. The van der Waals surface area contributed by atoms with Gasteiger partial charge in [-0.1, -0.05) is 0 Å². The van der Waals surface area contributed by atoms with Gasteiger partial charge in [0.25, 0.3) is 0 Å². The molecule has 5 heteroatoms. The molecule has 2 N–H and O–H groups in total. The van der Waals surface area contributed by atoms with Gasteiger partial charge in [-0.2, -0.15) is 4.72 Å². The summed E-state index contributed by atoms with van der Waals surface area (Å²) < 4.78 is 22.5. The van der Waals surface area contributed by atoms with Gasteiger partial charge < -0.3 is 5.11 Å². The van der Waals surface area contributed by atoms with E-state index in [2.05, 4.69) is 0 Å². The van der Waals surface area contributed by atoms with E-state index in [0.717, 1.165) is 11.5 Å². The third kappa shape index (κ3) is 1.06. The van der Waals surface area contributed by atoms with E-state index in [1.54, 1.807) is 0 Å². The smallest absolute Gasteiger partial charge is 0.235 e. The zero-order valence-electron chi connectivity index (χ0n) is 3.90. The van der Waals surface area contributed by atoms with Crippen molar-refractivity contribution in [2.75, 3.05) is 0 Å². The van der Waals surface area contributed by atoms with Crippen LogP contribution in [-0.4, -0.2) is 19.8 Å². The average molecular weight is 135 g/mol. The summed E-state index contributed by atoms with van der Waals surface area (Å²) in [5, 5.41) is 9.42. The first-order valence-corrected chi connectivity index (χ1v) is 3.53. The lowest BCUT2D eigenvalue weighted by Gasteiger charge is -1.94. The molecule has 0 bridgehead atoms. The first-order valence-electron chi connectivity index (χ1n) is 1.99. The van der Waals surface area contributed by atoms with E-state index in [-0.39, 0.29) is 0 Å². The maximum absolute atomic E-state index is 10.3. The molecule has 0 aromatic heterocycles. The molecule has 0 aromatic rings. The van der Waals surface area contributed by atoms with Crippen molar-refractivity contribution < 1.29 is 13.5 Å². The fourth-order valence-corrected chi connectivity index (χ4v) is 1.27. The van der Waals surface area contributed by atoms with Crippen molar-refractivity contribution in [2.24, 2.45) is 0 Å². The Morgan fingerprint density at radius 2 is 2.25 bits per heavy atom. The van der Waals surface area contributed by atoms with Crippen LogP contribution in [0.15, 0.2) is 11.5 Å². The average Bonchev–Trinajstić information content (AvgIpc) is 1.82. The normalized spacial score (nSPS) is 33.4. The molecule has 0 amide bonds. The largest absolute Gasteiger partial charge is 0.374 e. The minimum absolute atomic E-state index is 0.928. The Morgan fingerprint density at radius 1 is 1.62 bits per heavy atom. The van der Waals surface area contributed by atoms with Gasteiger partial charge in [-0.3, -0.25) is 0 Å². The molecule has 4 nitrogen and oxygen atoms in total. The quantitative estimate of drug-likeness (QED) is 0.436. The van der Waals surface area contributed by atoms with Gasteiger partial charge in [-0.05, 0) is 6.08 Å². The molecular formula is C3H5NO3S. The molecule has 1 unspecified atom stereocenters. The standard InChI is InChI=1S/C3H5NO3S/c5-3-1-2-8(6,7)4-3/h1-5H. The monoisotopic (exact) mass is 135 g/mol. The Morgan fingerprint density at radius 3 is 2.38 bits per heavy atom. The summed E-state index contributed by atoms with van der Waals surface area (Å²) in [6, 6.07) is 0. The molecule has 0 spiro atoms. The number of hydrogen-bond acceptors (Lipinski definition) is 3. The topological polar surface area (TPSA) is 66.4 Å². The van der Waals surface area contributed by atoms with Gasteiger partial charge in [-0.15, -0.1) is 0 Å². The molecule has 46 valence electrons. The first kappa shape index (κ1) is 5.74. The van der Waals surface area contributed by atoms with Gasteiger partial charge in [0, 0.05) is 5.41 Å². The van der Waals surface area contributed by atoms with Gasteiger partial charge in [0.2, 0.25) is 10.0 Å². The lowest BCUT2D eigenvalue weighted by atomic mass is 10.6. The minimum Gasteiger partial charge on any atom is -0.374 e. The van der Waals surface area contributed by atoms with E-state index >= 15 is 0 Å². The number of aliphatic hydroxyl groups excluding tert-OH is 1. The number of hydrogen-bond donors (Lipinski definition) is 2. The van der Waals surface area contributed by atoms with Crippen molar-refractivity contribution in [3.63, 3.8) is 0 Å². The summed E-state index contributed by atoms with van der Waals surface area (Å²) in [6.45, 7) is 0. The molecule has 0 fully saturated rings. The van der Waals surface area contributed by atoms with Crippen LogP contribution in [0.25, 0.3) is 0 Å². The Balaban J connectivity index is 2.89. The van der Waals surface area contributed by atoms with E-state index in [1.165, 1.54) is 0 Å². The van der Waals surface area contributed by atoms with E-state index < -0.39 is 16.3 Å². The Bertz CT molecular complexity index is 205. The predicted octanol–water partition coefficient (Wildman–Crippen LogP) is -1.25. The molecular weight excluding hydrogens is 130 g/mol. The fraction of sp³-hybridized carbons (Fsp3) is 0.333. The molecule has 0 aromatic carbocycles. The first-order chi connectivity index (χ1) is 3.60. The third-order valence-electron chi connectivity index (χ3n) is 0.725. The van der Waals surface area contributed by atoms with E-state index in [9.17, 15) is 8.42 Å². The fourth-order valence-electron chi connectivity index (χ4n) is 0.425. The molecule has 0 saturated carbocycles. The summed E-state index contributed by atoms with van der Waals surface area (Å²) in [7, 11) is -3.28. The highest BCUT2D eigenvalue weighted by molar-refractivity contribution is 7.92. The zero-order chi connectivity index (χ0) is 6.20. The lowest BCUT2D eigenvalue weighted by molar-refractivity contribution is 0.216. The number of sulfonamides is 1. The second kappa shape index (κ2) is 1.54. The van der Waals surface area contributed by atoms with Crippen LogP contribution in [0.3, 0.4) is 0 Å². The highest BCUT2D eigenvalue weighted by atomic mass is 32.2. The van der Waals surface area contributed by atoms with Crippen molar-refractivity contribution in [1.82, 2.24) is 4.72 Å². The maximum Gasteiger partial charge on any atom is 0.235 e. The number of nitrogens with one attached hydrogen (secondary N) is 1. The molecule has 1 aliphatic heterocycles. The maximum atomic E-state index is 10.3. The van der Waals surface area contributed by atoms with E-state index in [0.29, 0.717) is 0 Å². The van der Waals surface area contributed by atoms with Gasteiger partial charge in [-0.25, -0.2) is 8.42 Å². The van der Waals surface area contributed by atoms with Crippen molar-refractivity contribution in [3.05, 3.63) is 11.5 Å². The summed E-state index contributed by atoms with van der Waals surface area (Å²) >= 11 is 0. The molecule has 8 heavy (non-hydrogen) atoms. The van der Waals surface area contributed by atoms with E-state index in [1.807, 2.05) is 4.72 Å². The summed E-state index contributed by atoms with van der Waals surface area (Å²) in [4.78, 5) is 0. The van der Waals surface area contributed by atoms with Crippen LogP contribution in [-0.2, 0) is 10.0 Å². The molecule has 0 aliphatic carbocycles. The van der Waals surface area contributed by atoms with Crippen molar-refractivity contribution in [2.45, 2.75) is 6.23 Å². The zero-order valence-corrected chi connectivity index (χ0v) is 4.72. The van der Waals surface area contributed by atoms with E-state index in [4.69, 9.17) is 5.11 Å². The van der Waals surface area contributed by atoms with Gasteiger partial charge >= 0.3 is 0 Å². The molecule has 1 rings (SSSR count).